The predicted molar refractivity (Wildman–Crippen MR) is 84.7 cm³/mol. The standard InChI is InChI=1S/C17H13NO2S/c19-17(20)15-9-4-10-18-16(15)21-11-13-7-3-6-12-5-1-2-8-14(12)13/h1-10H,11H2,(H,19,20). The maximum absolute atomic E-state index is 11.2. The first-order chi connectivity index (χ1) is 10.3. The van der Waals surface area contributed by atoms with Gasteiger partial charge in [0.15, 0.2) is 0 Å². The summed E-state index contributed by atoms with van der Waals surface area (Å²) in [5, 5.41) is 12.1. The zero-order chi connectivity index (χ0) is 14.7. The van der Waals surface area contributed by atoms with Crippen molar-refractivity contribution in [3.05, 3.63) is 71.9 Å². The number of carboxylic acids is 1. The van der Waals surface area contributed by atoms with Crippen molar-refractivity contribution in [2.75, 3.05) is 0 Å². The molecule has 3 rings (SSSR count). The zero-order valence-electron chi connectivity index (χ0n) is 11.2. The summed E-state index contributed by atoms with van der Waals surface area (Å²) in [6.45, 7) is 0. The number of carbonyl (C=O) groups is 1. The third-order valence-corrected chi connectivity index (χ3v) is 4.30. The SMILES string of the molecule is O=C(O)c1cccnc1SCc1cccc2ccccc12. The van der Waals surface area contributed by atoms with E-state index in [-0.39, 0.29) is 5.56 Å². The van der Waals surface area contributed by atoms with E-state index in [0.717, 1.165) is 0 Å². The summed E-state index contributed by atoms with van der Waals surface area (Å²) in [7, 11) is 0. The molecule has 0 aliphatic heterocycles. The third kappa shape index (κ3) is 2.90. The number of aromatic carboxylic acids is 1. The highest BCUT2D eigenvalue weighted by molar-refractivity contribution is 7.98. The molecule has 3 aromatic rings. The van der Waals surface area contributed by atoms with E-state index in [2.05, 4.69) is 29.2 Å². The van der Waals surface area contributed by atoms with Crippen LogP contribution < -0.4 is 0 Å². The van der Waals surface area contributed by atoms with Crippen LogP contribution >= 0.6 is 11.8 Å². The van der Waals surface area contributed by atoms with Crippen molar-refractivity contribution in [3.63, 3.8) is 0 Å². The summed E-state index contributed by atoms with van der Waals surface area (Å²) >= 11 is 1.45. The normalized spacial score (nSPS) is 10.7. The van der Waals surface area contributed by atoms with E-state index in [1.807, 2.05) is 18.2 Å². The van der Waals surface area contributed by atoms with Crippen molar-refractivity contribution in [1.82, 2.24) is 4.98 Å². The maximum Gasteiger partial charge on any atom is 0.338 e. The van der Waals surface area contributed by atoms with Crippen LogP contribution in [-0.4, -0.2) is 16.1 Å². The van der Waals surface area contributed by atoms with Gasteiger partial charge in [-0.05, 0) is 28.5 Å². The van der Waals surface area contributed by atoms with Gasteiger partial charge >= 0.3 is 5.97 Å². The molecule has 3 nitrogen and oxygen atoms in total. The molecule has 0 radical (unpaired) electrons. The Morgan fingerprint density at radius 1 is 1.05 bits per heavy atom. The van der Waals surface area contributed by atoms with E-state index < -0.39 is 5.97 Å². The molecule has 2 aromatic carbocycles. The minimum atomic E-state index is -0.941. The monoisotopic (exact) mass is 295 g/mol. The smallest absolute Gasteiger partial charge is 0.338 e. The fourth-order valence-electron chi connectivity index (χ4n) is 2.23. The van der Waals surface area contributed by atoms with E-state index in [1.165, 1.54) is 28.1 Å². The van der Waals surface area contributed by atoms with Gasteiger partial charge in [-0.15, -0.1) is 11.8 Å². The van der Waals surface area contributed by atoms with Crippen molar-refractivity contribution in [1.29, 1.82) is 0 Å². The van der Waals surface area contributed by atoms with Gasteiger partial charge in [-0.1, -0.05) is 42.5 Å². The summed E-state index contributed by atoms with van der Waals surface area (Å²) < 4.78 is 0. The van der Waals surface area contributed by atoms with Crippen molar-refractivity contribution >= 4 is 28.5 Å². The number of pyridine rings is 1. The average Bonchev–Trinajstić information content (AvgIpc) is 2.53. The fourth-order valence-corrected chi connectivity index (χ4v) is 3.22. The molecule has 0 spiro atoms. The van der Waals surface area contributed by atoms with E-state index in [9.17, 15) is 9.90 Å². The number of hydrogen-bond acceptors (Lipinski definition) is 3. The van der Waals surface area contributed by atoms with Crippen molar-refractivity contribution < 1.29 is 9.90 Å². The number of nitrogens with zero attached hydrogens (tertiary/aromatic N) is 1. The summed E-state index contributed by atoms with van der Waals surface area (Å²) in [5.41, 5.74) is 1.43. The van der Waals surface area contributed by atoms with Gasteiger partial charge in [0, 0.05) is 11.9 Å². The number of hydrogen-bond donors (Lipinski definition) is 1. The Balaban J connectivity index is 1.89. The average molecular weight is 295 g/mol. The molecule has 4 heteroatoms. The molecule has 1 N–H and O–H groups in total. The Kier molecular flexibility index (Phi) is 3.88. The first-order valence-electron chi connectivity index (χ1n) is 6.53. The first kappa shape index (κ1) is 13.6. The highest BCUT2D eigenvalue weighted by atomic mass is 32.2. The second kappa shape index (κ2) is 5.97. The van der Waals surface area contributed by atoms with Crippen LogP contribution in [-0.2, 0) is 5.75 Å². The molecular formula is C17H13NO2S. The van der Waals surface area contributed by atoms with E-state index in [0.29, 0.717) is 10.8 Å². The molecule has 1 heterocycles. The number of rotatable bonds is 4. The van der Waals surface area contributed by atoms with Gasteiger partial charge in [-0.2, -0.15) is 0 Å². The molecule has 0 saturated heterocycles. The minimum Gasteiger partial charge on any atom is -0.478 e. The van der Waals surface area contributed by atoms with E-state index in [1.54, 1.807) is 18.3 Å². The highest BCUT2D eigenvalue weighted by Crippen LogP contribution is 2.28. The summed E-state index contributed by atoms with van der Waals surface area (Å²) in [6, 6.07) is 17.6. The number of fused-ring (bicyclic) bond motifs is 1. The number of benzene rings is 2. The lowest BCUT2D eigenvalue weighted by Gasteiger charge is -2.07. The topological polar surface area (TPSA) is 50.2 Å². The summed E-state index contributed by atoms with van der Waals surface area (Å²) in [5.74, 6) is -0.248. The Morgan fingerprint density at radius 3 is 2.71 bits per heavy atom. The third-order valence-electron chi connectivity index (χ3n) is 3.25. The Labute approximate surface area is 126 Å². The summed E-state index contributed by atoms with van der Waals surface area (Å²) in [6.07, 6.45) is 1.62. The van der Waals surface area contributed by atoms with Crippen molar-refractivity contribution in [3.8, 4) is 0 Å². The van der Waals surface area contributed by atoms with E-state index in [4.69, 9.17) is 0 Å². The first-order valence-corrected chi connectivity index (χ1v) is 7.52. The zero-order valence-corrected chi connectivity index (χ0v) is 12.0. The summed E-state index contributed by atoms with van der Waals surface area (Å²) in [4.78, 5) is 15.4. The van der Waals surface area contributed by atoms with Gasteiger partial charge in [0.1, 0.15) is 5.03 Å². The molecule has 0 bridgehead atoms. The number of thioether (sulfide) groups is 1. The van der Waals surface area contributed by atoms with Crippen molar-refractivity contribution in [2.45, 2.75) is 10.8 Å². The molecule has 0 unspecified atom stereocenters. The molecule has 1 aromatic heterocycles. The van der Waals surface area contributed by atoms with Crippen LogP contribution in [0.2, 0.25) is 0 Å². The van der Waals surface area contributed by atoms with Crippen molar-refractivity contribution in [2.24, 2.45) is 0 Å². The lowest BCUT2D eigenvalue weighted by atomic mass is 10.1. The molecule has 0 aliphatic rings. The molecule has 21 heavy (non-hydrogen) atoms. The molecule has 0 fully saturated rings. The quantitative estimate of drug-likeness (QED) is 0.732. The lowest BCUT2D eigenvalue weighted by Crippen LogP contribution is -2.00. The van der Waals surface area contributed by atoms with Gasteiger partial charge in [0.25, 0.3) is 0 Å². The molecule has 0 atom stereocenters. The largest absolute Gasteiger partial charge is 0.478 e. The second-order valence-corrected chi connectivity index (χ2v) is 5.55. The van der Waals surface area contributed by atoms with Crippen LogP contribution in [0.5, 0.6) is 0 Å². The van der Waals surface area contributed by atoms with Gasteiger partial charge < -0.3 is 5.11 Å². The van der Waals surface area contributed by atoms with Gasteiger partial charge in [0.05, 0.1) is 5.56 Å². The molecule has 0 saturated carbocycles. The van der Waals surface area contributed by atoms with Crippen LogP contribution in [0.25, 0.3) is 10.8 Å². The molecular weight excluding hydrogens is 282 g/mol. The van der Waals surface area contributed by atoms with Gasteiger partial charge in [-0.25, -0.2) is 9.78 Å². The Morgan fingerprint density at radius 2 is 1.86 bits per heavy atom. The van der Waals surface area contributed by atoms with Crippen LogP contribution in [0.1, 0.15) is 15.9 Å². The van der Waals surface area contributed by atoms with Gasteiger partial charge in [0.2, 0.25) is 0 Å². The number of carboxylic acid groups (broad SMARTS) is 1. The lowest BCUT2D eigenvalue weighted by molar-refractivity contribution is 0.0692. The Hall–Kier alpha value is -2.33. The molecule has 0 aliphatic carbocycles. The van der Waals surface area contributed by atoms with Gasteiger partial charge in [-0.3, -0.25) is 0 Å². The minimum absolute atomic E-state index is 0.253. The van der Waals surface area contributed by atoms with Crippen LogP contribution in [0.4, 0.5) is 0 Å². The molecule has 0 amide bonds. The van der Waals surface area contributed by atoms with Crippen LogP contribution in [0, 0.1) is 0 Å². The number of aromatic nitrogens is 1. The Bertz CT molecular complexity index is 796. The van der Waals surface area contributed by atoms with Crippen LogP contribution in [0.15, 0.2) is 65.8 Å². The maximum atomic E-state index is 11.2. The predicted octanol–water partition coefficient (Wildman–Crippen LogP) is 4.23. The van der Waals surface area contributed by atoms with E-state index >= 15 is 0 Å². The fraction of sp³-hybridized carbons (Fsp3) is 0.0588. The molecule has 104 valence electrons. The highest BCUT2D eigenvalue weighted by Gasteiger charge is 2.11. The second-order valence-electron chi connectivity index (χ2n) is 4.59. The van der Waals surface area contributed by atoms with Crippen LogP contribution in [0.3, 0.4) is 0 Å².